The number of hydrogen-bond acceptors (Lipinski definition) is 6. The number of aromatic nitrogens is 3. The molecule has 0 aliphatic heterocycles. The molecule has 0 amide bonds. The number of pyridine rings is 1. The average Bonchev–Trinajstić information content (AvgIpc) is 2.83. The Morgan fingerprint density at radius 3 is 3.00 bits per heavy atom. The quantitative estimate of drug-likeness (QED) is 0.819. The fourth-order valence-electron chi connectivity index (χ4n) is 1.55. The smallest absolute Gasteiger partial charge is 0.335 e. The molecule has 0 aromatic carbocycles. The van der Waals surface area contributed by atoms with Crippen LogP contribution in [0.15, 0.2) is 27.9 Å². The number of hydrogen-bond donors (Lipinski definition) is 1. The Hall–Kier alpha value is -1.89. The molecular formula is C13H15N3O3S. The maximum Gasteiger partial charge on any atom is 0.335 e. The zero-order valence-corrected chi connectivity index (χ0v) is 12.1. The molecule has 2 aromatic rings. The van der Waals surface area contributed by atoms with Gasteiger partial charge in [-0.25, -0.2) is 9.78 Å². The van der Waals surface area contributed by atoms with Crippen molar-refractivity contribution in [2.24, 2.45) is 5.92 Å². The minimum Gasteiger partial charge on any atom is -0.478 e. The van der Waals surface area contributed by atoms with Crippen molar-refractivity contribution in [1.82, 2.24) is 15.1 Å². The fourth-order valence-corrected chi connectivity index (χ4v) is 2.29. The van der Waals surface area contributed by atoms with Crippen molar-refractivity contribution in [3.8, 4) is 0 Å². The van der Waals surface area contributed by atoms with Gasteiger partial charge in [-0.05, 0) is 18.1 Å². The molecule has 20 heavy (non-hydrogen) atoms. The molecule has 2 aromatic heterocycles. The lowest BCUT2D eigenvalue weighted by Gasteiger charge is -1.99. The van der Waals surface area contributed by atoms with Crippen LogP contribution in [0, 0.1) is 5.92 Å². The van der Waals surface area contributed by atoms with Crippen molar-refractivity contribution in [3.63, 3.8) is 0 Å². The SMILES string of the molecule is CC(C)Cc1noc(CSc2cc(C(=O)O)ccn2)n1. The molecule has 2 heterocycles. The molecule has 0 spiro atoms. The Labute approximate surface area is 120 Å². The first-order chi connectivity index (χ1) is 9.54. The summed E-state index contributed by atoms with van der Waals surface area (Å²) in [4.78, 5) is 19.2. The molecule has 7 heteroatoms. The van der Waals surface area contributed by atoms with Gasteiger partial charge in [-0.1, -0.05) is 30.8 Å². The summed E-state index contributed by atoms with van der Waals surface area (Å²) >= 11 is 1.37. The maximum absolute atomic E-state index is 10.9. The fraction of sp³-hybridized carbons (Fsp3) is 0.385. The lowest BCUT2D eigenvalue weighted by Crippen LogP contribution is -1.97. The molecule has 0 bridgehead atoms. The molecule has 0 aliphatic carbocycles. The first kappa shape index (κ1) is 14.5. The summed E-state index contributed by atoms with van der Waals surface area (Å²) in [5, 5.41) is 13.4. The second-order valence-electron chi connectivity index (χ2n) is 4.68. The predicted molar refractivity (Wildman–Crippen MR) is 73.6 cm³/mol. The largest absolute Gasteiger partial charge is 0.478 e. The molecule has 0 unspecified atom stereocenters. The van der Waals surface area contributed by atoms with E-state index in [1.54, 1.807) is 0 Å². The predicted octanol–water partition coefficient (Wildman–Crippen LogP) is 2.65. The van der Waals surface area contributed by atoms with E-state index in [4.69, 9.17) is 9.63 Å². The normalized spacial score (nSPS) is 10.9. The van der Waals surface area contributed by atoms with E-state index in [9.17, 15) is 4.79 Å². The number of rotatable bonds is 6. The Kier molecular flexibility index (Phi) is 4.73. The van der Waals surface area contributed by atoms with Crippen LogP contribution in [-0.4, -0.2) is 26.2 Å². The van der Waals surface area contributed by atoms with Crippen LogP contribution < -0.4 is 0 Å². The summed E-state index contributed by atoms with van der Waals surface area (Å²) in [5.74, 6) is 1.20. The van der Waals surface area contributed by atoms with E-state index in [2.05, 4.69) is 29.0 Å². The van der Waals surface area contributed by atoms with Gasteiger partial charge in [0.25, 0.3) is 0 Å². The molecule has 0 fully saturated rings. The molecule has 0 saturated carbocycles. The van der Waals surface area contributed by atoms with Crippen LogP contribution in [0.25, 0.3) is 0 Å². The highest BCUT2D eigenvalue weighted by Crippen LogP contribution is 2.21. The van der Waals surface area contributed by atoms with Gasteiger partial charge < -0.3 is 9.63 Å². The van der Waals surface area contributed by atoms with Crippen molar-refractivity contribution in [2.45, 2.75) is 31.0 Å². The van der Waals surface area contributed by atoms with Crippen LogP contribution in [0.2, 0.25) is 0 Å². The average molecular weight is 293 g/mol. The molecule has 0 saturated heterocycles. The molecule has 0 radical (unpaired) electrons. The monoisotopic (exact) mass is 293 g/mol. The van der Waals surface area contributed by atoms with E-state index in [1.165, 1.54) is 30.1 Å². The number of nitrogens with zero attached hydrogens (tertiary/aromatic N) is 3. The van der Waals surface area contributed by atoms with Gasteiger partial charge in [-0.2, -0.15) is 4.98 Å². The summed E-state index contributed by atoms with van der Waals surface area (Å²) < 4.78 is 5.14. The third kappa shape index (κ3) is 4.06. The number of aromatic carboxylic acids is 1. The Balaban J connectivity index is 1.96. The van der Waals surface area contributed by atoms with Crippen LogP contribution in [0.5, 0.6) is 0 Å². The second-order valence-corrected chi connectivity index (χ2v) is 5.67. The van der Waals surface area contributed by atoms with Crippen molar-refractivity contribution >= 4 is 17.7 Å². The van der Waals surface area contributed by atoms with E-state index in [0.717, 1.165) is 6.42 Å². The van der Waals surface area contributed by atoms with Gasteiger partial charge in [0, 0.05) is 12.6 Å². The van der Waals surface area contributed by atoms with Crippen LogP contribution in [0.4, 0.5) is 0 Å². The molecule has 0 aliphatic rings. The number of thioether (sulfide) groups is 1. The molecular weight excluding hydrogens is 278 g/mol. The topological polar surface area (TPSA) is 89.1 Å². The van der Waals surface area contributed by atoms with Crippen molar-refractivity contribution in [1.29, 1.82) is 0 Å². The van der Waals surface area contributed by atoms with Gasteiger partial charge in [0.05, 0.1) is 16.3 Å². The lowest BCUT2D eigenvalue weighted by molar-refractivity contribution is 0.0696. The molecule has 106 valence electrons. The van der Waals surface area contributed by atoms with Gasteiger partial charge in [-0.3, -0.25) is 0 Å². The lowest BCUT2D eigenvalue weighted by atomic mass is 10.1. The van der Waals surface area contributed by atoms with E-state index < -0.39 is 5.97 Å². The van der Waals surface area contributed by atoms with E-state index in [-0.39, 0.29) is 5.56 Å². The second kappa shape index (κ2) is 6.51. The summed E-state index contributed by atoms with van der Waals surface area (Å²) in [6, 6.07) is 2.98. The van der Waals surface area contributed by atoms with Crippen LogP contribution in [0.1, 0.15) is 35.9 Å². The summed E-state index contributed by atoms with van der Waals surface area (Å²) in [7, 11) is 0. The Morgan fingerprint density at radius 1 is 1.50 bits per heavy atom. The first-order valence-corrected chi connectivity index (χ1v) is 7.16. The molecule has 2 rings (SSSR count). The van der Waals surface area contributed by atoms with Crippen molar-refractivity contribution in [2.75, 3.05) is 0 Å². The van der Waals surface area contributed by atoms with Crippen molar-refractivity contribution in [3.05, 3.63) is 35.6 Å². The highest BCUT2D eigenvalue weighted by Gasteiger charge is 2.10. The molecule has 6 nitrogen and oxygen atoms in total. The van der Waals surface area contributed by atoms with E-state index >= 15 is 0 Å². The van der Waals surface area contributed by atoms with E-state index in [1.807, 2.05) is 0 Å². The minimum absolute atomic E-state index is 0.216. The standard InChI is InChI=1S/C13H15N3O3S/c1-8(2)5-10-15-11(19-16-10)7-20-12-6-9(13(17)18)3-4-14-12/h3-4,6,8H,5,7H2,1-2H3,(H,17,18). The summed E-state index contributed by atoms with van der Waals surface area (Å²) in [6.45, 7) is 4.18. The van der Waals surface area contributed by atoms with Gasteiger partial charge >= 0.3 is 5.97 Å². The Bertz CT molecular complexity index is 598. The maximum atomic E-state index is 10.9. The zero-order chi connectivity index (χ0) is 14.5. The minimum atomic E-state index is -0.966. The summed E-state index contributed by atoms with van der Waals surface area (Å²) in [6.07, 6.45) is 2.25. The van der Waals surface area contributed by atoms with Crippen LogP contribution in [-0.2, 0) is 12.2 Å². The van der Waals surface area contributed by atoms with Gasteiger partial charge in [0.2, 0.25) is 5.89 Å². The Morgan fingerprint density at radius 2 is 2.30 bits per heavy atom. The van der Waals surface area contributed by atoms with Gasteiger partial charge in [0.15, 0.2) is 5.82 Å². The van der Waals surface area contributed by atoms with Crippen molar-refractivity contribution < 1.29 is 14.4 Å². The highest BCUT2D eigenvalue weighted by atomic mass is 32.2. The van der Waals surface area contributed by atoms with Gasteiger partial charge in [-0.15, -0.1) is 0 Å². The third-order valence-electron chi connectivity index (χ3n) is 2.43. The number of carbonyl (C=O) groups is 1. The van der Waals surface area contributed by atoms with Crippen LogP contribution >= 0.6 is 11.8 Å². The van der Waals surface area contributed by atoms with E-state index in [0.29, 0.717) is 28.4 Å². The van der Waals surface area contributed by atoms with Gasteiger partial charge in [0.1, 0.15) is 0 Å². The molecule has 1 N–H and O–H groups in total. The molecule has 0 atom stereocenters. The summed E-state index contributed by atoms with van der Waals surface area (Å²) in [5.41, 5.74) is 0.216. The van der Waals surface area contributed by atoms with Crippen LogP contribution in [0.3, 0.4) is 0 Å². The first-order valence-electron chi connectivity index (χ1n) is 6.18. The highest BCUT2D eigenvalue weighted by molar-refractivity contribution is 7.98. The zero-order valence-electron chi connectivity index (χ0n) is 11.2. The number of carboxylic acids is 1. The number of carboxylic acid groups (broad SMARTS) is 1. The third-order valence-corrected chi connectivity index (χ3v) is 3.34.